The summed E-state index contributed by atoms with van der Waals surface area (Å²) in [5.41, 5.74) is 8.14. The molecule has 0 aliphatic heterocycles. The Balaban J connectivity index is 1.63. The lowest BCUT2D eigenvalue weighted by molar-refractivity contribution is -0.119. The van der Waals surface area contributed by atoms with E-state index < -0.39 is 24.4 Å². The average molecular weight is 430 g/mol. The lowest BCUT2D eigenvalue weighted by atomic mass is 10.1. The molecule has 0 saturated carbocycles. The van der Waals surface area contributed by atoms with Gasteiger partial charge in [-0.15, -0.1) is 22.7 Å². The van der Waals surface area contributed by atoms with Crippen LogP contribution in [-0.2, 0) is 16.0 Å². The third-order valence-electron chi connectivity index (χ3n) is 4.11. The molecule has 2 amide bonds. The Labute approximate surface area is 175 Å². The van der Waals surface area contributed by atoms with E-state index in [9.17, 15) is 14.4 Å². The highest BCUT2D eigenvalue weighted by Crippen LogP contribution is 2.29. The van der Waals surface area contributed by atoms with E-state index in [4.69, 9.17) is 10.5 Å². The largest absolute Gasteiger partial charge is 0.451 e. The fraction of sp³-hybridized carbons (Fsp3) is 0.200. The molecule has 0 fully saturated rings. The smallest absolute Gasteiger partial charge is 0.350 e. The zero-order chi connectivity index (χ0) is 21.0. The standard InChI is InChI=1S/C20H19N3O4S2/c1-3-12-4-6-13(7-5-12)18-22-11(2)16(29-18)20(26)27-10-15(24)23-19-14(17(21)25)8-9-28-19/h4-9H,3,10H2,1-2H3,(H2,21,25)(H,23,24). The van der Waals surface area contributed by atoms with Crippen LogP contribution in [0.5, 0.6) is 0 Å². The Morgan fingerprint density at radius 3 is 2.55 bits per heavy atom. The second-order valence-corrected chi connectivity index (χ2v) is 8.05. The molecule has 0 spiro atoms. The first-order valence-electron chi connectivity index (χ1n) is 8.80. The summed E-state index contributed by atoms with van der Waals surface area (Å²) in [5.74, 6) is -1.81. The van der Waals surface area contributed by atoms with Crippen LogP contribution in [0.1, 0.15) is 38.2 Å². The first-order valence-corrected chi connectivity index (χ1v) is 10.5. The molecule has 0 saturated heterocycles. The minimum atomic E-state index is -0.640. The first-order chi connectivity index (χ1) is 13.9. The number of primary amides is 1. The molecule has 0 aliphatic rings. The van der Waals surface area contributed by atoms with Crippen molar-refractivity contribution in [3.63, 3.8) is 0 Å². The van der Waals surface area contributed by atoms with Crippen LogP contribution in [-0.4, -0.2) is 29.4 Å². The van der Waals surface area contributed by atoms with Gasteiger partial charge in [-0.1, -0.05) is 31.2 Å². The van der Waals surface area contributed by atoms with Crippen molar-refractivity contribution < 1.29 is 19.1 Å². The maximum absolute atomic E-state index is 12.4. The number of esters is 1. The van der Waals surface area contributed by atoms with Crippen LogP contribution in [0.15, 0.2) is 35.7 Å². The molecule has 2 heterocycles. The zero-order valence-electron chi connectivity index (χ0n) is 15.9. The van der Waals surface area contributed by atoms with Crippen molar-refractivity contribution in [2.24, 2.45) is 5.73 Å². The number of carbonyl (C=O) groups excluding carboxylic acids is 3. The third kappa shape index (κ3) is 4.87. The summed E-state index contributed by atoms with van der Waals surface area (Å²) >= 11 is 2.38. The number of thiazole rings is 1. The maximum Gasteiger partial charge on any atom is 0.350 e. The number of thiophene rings is 1. The van der Waals surface area contributed by atoms with E-state index >= 15 is 0 Å². The number of rotatable bonds is 7. The van der Waals surface area contributed by atoms with Crippen molar-refractivity contribution >= 4 is 45.5 Å². The minimum Gasteiger partial charge on any atom is -0.451 e. The van der Waals surface area contributed by atoms with Gasteiger partial charge in [0, 0.05) is 5.56 Å². The Hall–Kier alpha value is -3.04. The molecule has 9 heteroatoms. The van der Waals surface area contributed by atoms with Gasteiger partial charge in [-0.3, -0.25) is 9.59 Å². The summed E-state index contributed by atoms with van der Waals surface area (Å²) in [7, 11) is 0. The van der Waals surface area contributed by atoms with Crippen LogP contribution in [0.4, 0.5) is 5.00 Å². The van der Waals surface area contributed by atoms with E-state index in [2.05, 4.69) is 17.2 Å². The monoisotopic (exact) mass is 429 g/mol. The molecule has 3 rings (SSSR count). The van der Waals surface area contributed by atoms with E-state index in [0.29, 0.717) is 20.6 Å². The predicted molar refractivity (Wildman–Crippen MR) is 113 cm³/mol. The Morgan fingerprint density at radius 1 is 1.17 bits per heavy atom. The Bertz CT molecular complexity index is 1050. The van der Waals surface area contributed by atoms with Gasteiger partial charge in [-0.25, -0.2) is 9.78 Å². The molecule has 0 bridgehead atoms. The molecular formula is C20H19N3O4S2. The summed E-state index contributed by atoms with van der Waals surface area (Å²) in [6.07, 6.45) is 0.948. The molecule has 3 N–H and O–H groups in total. The summed E-state index contributed by atoms with van der Waals surface area (Å²) in [4.78, 5) is 40.5. The van der Waals surface area contributed by atoms with Gasteiger partial charge in [0.15, 0.2) is 6.61 Å². The van der Waals surface area contributed by atoms with Crippen molar-refractivity contribution in [3.05, 3.63) is 57.4 Å². The van der Waals surface area contributed by atoms with E-state index in [1.165, 1.54) is 23.0 Å². The summed E-state index contributed by atoms with van der Waals surface area (Å²) in [5, 5.41) is 5.20. The van der Waals surface area contributed by atoms with Crippen LogP contribution in [0.3, 0.4) is 0 Å². The molecule has 3 aromatic rings. The van der Waals surface area contributed by atoms with Gasteiger partial charge >= 0.3 is 5.97 Å². The summed E-state index contributed by atoms with van der Waals surface area (Å²) in [6, 6.07) is 9.51. The highest BCUT2D eigenvalue weighted by molar-refractivity contribution is 7.17. The fourth-order valence-corrected chi connectivity index (χ4v) is 4.33. The van der Waals surface area contributed by atoms with Crippen LogP contribution in [0.2, 0.25) is 0 Å². The number of hydrogen-bond donors (Lipinski definition) is 2. The number of anilines is 1. The molecule has 0 unspecified atom stereocenters. The molecule has 1 aromatic carbocycles. The SMILES string of the molecule is CCc1ccc(-c2nc(C)c(C(=O)OCC(=O)Nc3sccc3C(N)=O)s2)cc1. The van der Waals surface area contributed by atoms with Crippen molar-refractivity contribution in [1.82, 2.24) is 4.98 Å². The van der Waals surface area contributed by atoms with Crippen molar-refractivity contribution in [3.8, 4) is 10.6 Å². The van der Waals surface area contributed by atoms with Gasteiger partial charge < -0.3 is 15.8 Å². The number of aryl methyl sites for hydroxylation is 2. The maximum atomic E-state index is 12.4. The lowest BCUT2D eigenvalue weighted by Gasteiger charge is -2.05. The average Bonchev–Trinajstić information content (AvgIpc) is 3.33. The molecule has 0 radical (unpaired) electrons. The van der Waals surface area contributed by atoms with E-state index in [-0.39, 0.29) is 5.56 Å². The number of ether oxygens (including phenoxy) is 1. The van der Waals surface area contributed by atoms with Gasteiger partial charge in [-0.2, -0.15) is 0 Å². The fourth-order valence-electron chi connectivity index (χ4n) is 2.55. The number of nitrogens with zero attached hydrogens (tertiary/aromatic N) is 1. The van der Waals surface area contributed by atoms with Crippen molar-refractivity contribution in [1.29, 1.82) is 0 Å². The van der Waals surface area contributed by atoms with Crippen LogP contribution >= 0.6 is 22.7 Å². The van der Waals surface area contributed by atoms with Crippen LogP contribution in [0, 0.1) is 6.92 Å². The normalized spacial score (nSPS) is 10.6. The number of benzene rings is 1. The molecule has 0 aliphatic carbocycles. The summed E-state index contributed by atoms with van der Waals surface area (Å²) < 4.78 is 5.11. The predicted octanol–water partition coefficient (Wildman–Crippen LogP) is 3.64. The quantitative estimate of drug-likeness (QED) is 0.557. The van der Waals surface area contributed by atoms with Gasteiger partial charge in [0.25, 0.3) is 11.8 Å². The van der Waals surface area contributed by atoms with Crippen LogP contribution in [0.25, 0.3) is 10.6 Å². The number of nitrogens with one attached hydrogen (secondary N) is 1. The molecule has 150 valence electrons. The topological polar surface area (TPSA) is 111 Å². The van der Waals surface area contributed by atoms with Crippen molar-refractivity contribution in [2.75, 3.05) is 11.9 Å². The third-order valence-corrected chi connectivity index (χ3v) is 6.13. The molecular weight excluding hydrogens is 410 g/mol. The summed E-state index contributed by atoms with van der Waals surface area (Å²) in [6.45, 7) is 3.33. The number of nitrogens with two attached hydrogens (primary N) is 1. The molecule has 29 heavy (non-hydrogen) atoms. The Kier molecular flexibility index (Phi) is 6.40. The van der Waals surface area contributed by atoms with E-state index in [1.807, 2.05) is 24.3 Å². The number of amides is 2. The second kappa shape index (κ2) is 8.97. The van der Waals surface area contributed by atoms with Crippen LogP contribution < -0.4 is 11.1 Å². The van der Waals surface area contributed by atoms with Gasteiger partial charge in [0.05, 0.1) is 11.3 Å². The number of aromatic nitrogens is 1. The molecule has 7 nitrogen and oxygen atoms in total. The van der Waals surface area contributed by atoms with Gasteiger partial charge in [0.2, 0.25) is 0 Å². The first kappa shape index (κ1) is 20.7. The number of hydrogen-bond acceptors (Lipinski definition) is 7. The molecule has 2 aromatic heterocycles. The number of carbonyl (C=O) groups is 3. The van der Waals surface area contributed by atoms with E-state index in [1.54, 1.807) is 12.3 Å². The Morgan fingerprint density at radius 2 is 1.90 bits per heavy atom. The minimum absolute atomic E-state index is 0.215. The zero-order valence-corrected chi connectivity index (χ0v) is 17.5. The second-order valence-electron chi connectivity index (χ2n) is 6.14. The van der Waals surface area contributed by atoms with Crippen molar-refractivity contribution in [2.45, 2.75) is 20.3 Å². The van der Waals surface area contributed by atoms with Gasteiger partial charge in [0.1, 0.15) is 14.9 Å². The highest BCUT2D eigenvalue weighted by Gasteiger charge is 2.19. The van der Waals surface area contributed by atoms with E-state index in [0.717, 1.165) is 23.3 Å². The highest BCUT2D eigenvalue weighted by atomic mass is 32.1. The molecule has 0 atom stereocenters. The van der Waals surface area contributed by atoms with Gasteiger partial charge in [-0.05, 0) is 30.4 Å². The lowest BCUT2D eigenvalue weighted by Crippen LogP contribution is -2.22.